The standard InChI is InChI=1S/C9H6ClFN2O/c10-8-3-5(11)1-2-6(8)7-4-14-13-9(7)12/h1-4H,(H2,12,13). The molecule has 2 rings (SSSR count). The number of anilines is 1. The summed E-state index contributed by atoms with van der Waals surface area (Å²) in [5.74, 6) is -0.160. The Morgan fingerprint density at radius 3 is 2.71 bits per heavy atom. The van der Waals surface area contributed by atoms with Crippen LogP contribution in [0.15, 0.2) is 29.0 Å². The smallest absolute Gasteiger partial charge is 0.174 e. The van der Waals surface area contributed by atoms with E-state index in [-0.39, 0.29) is 10.8 Å². The summed E-state index contributed by atoms with van der Waals surface area (Å²) >= 11 is 5.83. The Morgan fingerprint density at radius 2 is 2.14 bits per heavy atom. The van der Waals surface area contributed by atoms with Crippen LogP contribution in [0.4, 0.5) is 10.2 Å². The number of nitrogens with zero attached hydrogens (tertiary/aromatic N) is 1. The van der Waals surface area contributed by atoms with Gasteiger partial charge in [-0.05, 0) is 18.2 Å². The molecule has 0 unspecified atom stereocenters. The highest BCUT2D eigenvalue weighted by Crippen LogP contribution is 2.31. The lowest BCUT2D eigenvalue weighted by molar-refractivity contribution is 0.423. The maximum atomic E-state index is 12.7. The van der Waals surface area contributed by atoms with Crippen LogP contribution >= 0.6 is 11.6 Å². The van der Waals surface area contributed by atoms with Crippen molar-refractivity contribution in [2.45, 2.75) is 0 Å². The molecule has 5 heteroatoms. The summed E-state index contributed by atoms with van der Waals surface area (Å²) in [5.41, 5.74) is 6.69. The van der Waals surface area contributed by atoms with Crippen LogP contribution in [0.1, 0.15) is 0 Å². The molecule has 1 aromatic carbocycles. The van der Waals surface area contributed by atoms with Crippen molar-refractivity contribution < 1.29 is 8.91 Å². The highest BCUT2D eigenvalue weighted by molar-refractivity contribution is 6.33. The second-order valence-corrected chi connectivity index (χ2v) is 3.14. The number of benzene rings is 1. The van der Waals surface area contributed by atoms with Crippen LogP contribution in [-0.4, -0.2) is 5.16 Å². The summed E-state index contributed by atoms with van der Waals surface area (Å²) in [6.45, 7) is 0. The summed E-state index contributed by atoms with van der Waals surface area (Å²) in [5, 5.41) is 3.78. The van der Waals surface area contributed by atoms with E-state index in [0.717, 1.165) is 0 Å². The first-order valence-corrected chi connectivity index (χ1v) is 4.21. The molecule has 0 saturated carbocycles. The molecule has 0 saturated heterocycles. The number of nitrogens with two attached hydrogens (primary N) is 1. The first-order chi connectivity index (χ1) is 6.68. The van der Waals surface area contributed by atoms with Crippen LogP contribution < -0.4 is 5.73 Å². The summed E-state index contributed by atoms with van der Waals surface area (Å²) in [6.07, 6.45) is 1.37. The van der Waals surface area contributed by atoms with Gasteiger partial charge in [0.2, 0.25) is 0 Å². The van der Waals surface area contributed by atoms with Gasteiger partial charge in [0.05, 0.1) is 10.6 Å². The third-order valence-electron chi connectivity index (χ3n) is 1.82. The number of aromatic nitrogens is 1. The van der Waals surface area contributed by atoms with Crippen molar-refractivity contribution >= 4 is 17.4 Å². The van der Waals surface area contributed by atoms with E-state index in [0.29, 0.717) is 11.1 Å². The number of nitrogen functional groups attached to an aromatic ring is 1. The van der Waals surface area contributed by atoms with Gasteiger partial charge in [-0.15, -0.1) is 0 Å². The molecule has 0 aliphatic heterocycles. The molecule has 0 spiro atoms. The van der Waals surface area contributed by atoms with Gasteiger partial charge in [-0.25, -0.2) is 4.39 Å². The minimum absolute atomic E-state index is 0.235. The van der Waals surface area contributed by atoms with Gasteiger partial charge >= 0.3 is 0 Å². The molecule has 0 aliphatic carbocycles. The summed E-state index contributed by atoms with van der Waals surface area (Å²) in [6, 6.07) is 4.04. The van der Waals surface area contributed by atoms with E-state index in [1.165, 1.54) is 24.5 Å². The molecule has 0 radical (unpaired) electrons. The van der Waals surface area contributed by atoms with Crippen LogP contribution in [0.3, 0.4) is 0 Å². The predicted molar refractivity (Wildman–Crippen MR) is 51.3 cm³/mol. The van der Waals surface area contributed by atoms with Crippen molar-refractivity contribution in [3.05, 3.63) is 35.3 Å². The van der Waals surface area contributed by atoms with Crippen LogP contribution in [0.2, 0.25) is 5.02 Å². The second-order valence-electron chi connectivity index (χ2n) is 2.74. The minimum Gasteiger partial charge on any atom is -0.380 e. The molecule has 0 bridgehead atoms. The van der Waals surface area contributed by atoms with Crippen molar-refractivity contribution in [1.29, 1.82) is 0 Å². The highest BCUT2D eigenvalue weighted by atomic mass is 35.5. The van der Waals surface area contributed by atoms with Crippen molar-refractivity contribution in [3.63, 3.8) is 0 Å². The quantitative estimate of drug-likeness (QED) is 0.791. The zero-order valence-electron chi connectivity index (χ0n) is 7.00. The summed E-state index contributed by atoms with van der Waals surface area (Å²) in [7, 11) is 0. The third-order valence-corrected chi connectivity index (χ3v) is 2.13. The van der Waals surface area contributed by atoms with Crippen molar-refractivity contribution in [2.24, 2.45) is 0 Å². The largest absolute Gasteiger partial charge is 0.380 e. The third kappa shape index (κ3) is 1.44. The van der Waals surface area contributed by atoms with E-state index in [1.54, 1.807) is 0 Å². The number of hydrogen-bond acceptors (Lipinski definition) is 3. The molecular formula is C9H6ClFN2O. The molecule has 1 heterocycles. The Morgan fingerprint density at radius 1 is 1.36 bits per heavy atom. The zero-order valence-corrected chi connectivity index (χ0v) is 7.75. The number of rotatable bonds is 1. The number of halogens is 2. The molecule has 0 fully saturated rings. The lowest BCUT2D eigenvalue weighted by Gasteiger charge is -2.00. The molecule has 1 aromatic heterocycles. The Balaban J connectivity index is 2.58. The van der Waals surface area contributed by atoms with E-state index < -0.39 is 5.82 Å². The Labute approximate surface area is 84.3 Å². The fourth-order valence-corrected chi connectivity index (χ4v) is 1.42. The monoisotopic (exact) mass is 212 g/mol. The van der Waals surface area contributed by atoms with Gasteiger partial charge in [0.15, 0.2) is 5.82 Å². The zero-order chi connectivity index (χ0) is 10.1. The van der Waals surface area contributed by atoms with Gasteiger partial charge in [-0.1, -0.05) is 16.8 Å². The van der Waals surface area contributed by atoms with Gasteiger partial charge in [0.1, 0.15) is 12.1 Å². The molecule has 2 N–H and O–H groups in total. The molecule has 0 atom stereocenters. The molecule has 72 valence electrons. The van der Waals surface area contributed by atoms with E-state index in [2.05, 4.69) is 9.68 Å². The first-order valence-electron chi connectivity index (χ1n) is 3.84. The highest BCUT2D eigenvalue weighted by Gasteiger charge is 2.10. The topological polar surface area (TPSA) is 52.0 Å². The summed E-state index contributed by atoms with van der Waals surface area (Å²) < 4.78 is 17.4. The van der Waals surface area contributed by atoms with Crippen LogP contribution in [-0.2, 0) is 0 Å². The molecule has 0 aliphatic rings. The molecular weight excluding hydrogens is 207 g/mol. The van der Waals surface area contributed by atoms with Gasteiger partial charge < -0.3 is 10.3 Å². The Hall–Kier alpha value is -1.55. The van der Waals surface area contributed by atoms with Gasteiger partial charge in [0.25, 0.3) is 0 Å². The van der Waals surface area contributed by atoms with Crippen molar-refractivity contribution in [2.75, 3.05) is 5.73 Å². The van der Waals surface area contributed by atoms with Crippen LogP contribution in [0, 0.1) is 5.82 Å². The molecule has 14 heavy (non-hydrogen) atoms. The van der Waals surface area contributed by atoms with Gasteiger partial charge in [0, 0.05) is 5.56 Å². The second kappa shape index (κ2) is 3.31. The maximum absolute atomic E-state index is 12.7. The van der Waals surface area contributed by atoms with E-state index in [4.69, 9.17) is 17.3 Å². The first kappa shape index (κ1) is 9.02. The molecule has 0 amide bonds. The normalized spacial score (nSPS) is 10.4. The van der Waals surface area contributed by atoms with Crippen LogP contribution in [0.25, 0.3) is 11.1 Å². The Kier molecular flexibility index (Phi) is 2.13. The Bertz CT molecular complexity index is 470. The predicted octanol–water partition coefficient (Wildman–Crippen LogP) is 2.72. The summed E-state index contributed by atoms with van der Waals surface area (Å²) in [4.78, 5) is 0. The molecule has 2 aromatic rings. The fraction of sp³-hybridized carbons (Fsp3) is 0. The van der Waals surface area contributed by atoms with E-state index in [9.17, 15) is 4.39 Å². The van der Waals surface area contributed by atoms with Gasteiger partial charge in [-0.2, -0.15) is 0 Å². The lowest BCUT2D eigenvalue weighted by Crippen LogP contribution is -1.88. The average molecular weight is 213 g/mol. The SMILES string of the molecule is Nc1nocc1-c1ccc(F)cc1Cl. The lowest BCUT2D eigenvalue weighted by atomic mass is 10.1. The van der Waals surface area contributed by atoms with Crippen molar-refractivity contribution in [1.82, 2.24) is 5.16 Å². The van der Waals surface area contributed by atoms with Gasteiger partial charge in [-0.3, -0.25) is 0 Å². The van der Waals surface area contributed by atoms with Crippen molar-refractivity contribution in [3.8, 4) is 11.1 Å². The number of hydrogen-bond donors (Lipinski definition) is 1. The fourth-order valence-electron chi connectivity index (χ4n) is 1.15. The molecule has 3 nitrogen and oxygen atoms in total. The average Bonchev–Trinajstić information content (AvgIpc) is 2.52. The minimum atomic E-state index is -0.395. The van der Waals surface area contributed by atoms with E-state index in [1.807, 2.05) is 0 Å². The maximum Gasteiger partial charge on any atom is 0.174 e. The van der Waals surface area contributed by atoms with E-state index >= 15 is 0 Å². The van der Waals surface area contributed by atoms with Crippen LogP contribution in [0.5, 0.6) is 0 Å².